The van der Waals surface area contributed by atoms with Gasteiger partial charge in [0.15, 0.2) is 11.5 Å². The minimum absolute atomic E-state index is 0.0519. The van der Waals surface area contributed by atoms with Crippen molar-refractivity contribution in [2.45, 2.75) is 33.4 Å². The number of aromatic carboxylic acids is 1. The number of carboxylic acids is 1. The third-order valence-corrected chi connectivity index (χ3v) is 2.38. The Morgan fingerprint density at radius 2 is 2.27 bits per heavy atom. The van der Waals surface area contributed by atoms with Crippen molar-refractivity contribution < 1.29 is 14.4 Å². The van der Waals surface area contributed by atoms with Gasteiger partial charge in [-0.2, -0.15) is 0 Å². The number of rotatable bonds is 5. The SMILES string of the molecule is CC(C)C(C)NCc1cc(C(=O)O)no1. The highest BCUT2D eigenvalue weighted by molar-refractivity contribution is 5.85. The van der Waals surface area contributed by atoms with E-state index >= 15 is 0 Å². The van der Waals surface area contributed by atoms with Crippen LogP contribution < -0.4 is 5.32 Å². The van der Waals surface area contributed by atoms with Crippen molar-refractivity contribution in [3.05, 3.63) is 17.5 Å². The Labute approximate surface area is 88.5 Å². The van der Waals surface area contributed by atoms with E-state index in [-0.39, 0.29) is 5.69 Å². The van der Waals surface area contributed by atoms with Gasteiger partial charge in [-0.15, -0.1) is 0 Å². The smallest absolute Gasteiger partial charge is 0.358 e. The van der Waals surface area contributed by atoms with Gasteiger partial charge in [0.2, 0.25) is 0 Å². The van der Waals surface area contributed by atoms with Crippen molar-refractivity contribution in [3.8, 4) is 0 Å². The summed E-state index contributed by atoms with van der Waals surface area (Å²) in [5, 5.41) is 15.3. The number of nitrogens with one attached hydrogen (secondary N) is 1. The van der Waals surface area contributed by atoms with Crippen molar-refractivity contribution >= 4 is 5.97 Å². The molecule has 0 saturated carbocycles. The first-order valence-electron chi connectivity index (χ1n) is 4.93. The van der Waals surface area contributed by atoms with Crippen LogP contribution in [-0.4, -0.2) is 22.3 Å². The monoisotopic (exact) mass is 212 g/mol. The Morgan fingerprint density at radius 1 is 1.60 bits per heavy atom. The summed E-state index contributed by atoms with van der Waals surface area (Å²) in [4.78, 5) is 10.5. The molecular weight excluding hydrogens is 196 g/mol. The lowest BCUT2D eigenvalue weighted by molar-refractivity contribution is 0.0685. The molecule has 2 N–H and O–H groups in total. The van der Waals surface area contributed by atoms with E-state index in [2.05, 4.69) is 31.2 Å². The standard InChI is InChI=1S/C10H16N2O3/c1-6(2)7(3)11-5-8-4-9(10(13)14)12-15-8/h4,6-7,11H,5H2,1-3H3,(H,13,14). The Balaban J connectivity index is 2.48. The van der Waals surface area contributed by atoms with E-state index in [0.29, 0.717) is 24.3 Å². The molecule has 0 saturated heterocycles. The van der Waals surface area contributed by atoms with Crippen LogP contribution in [0.3, 0.4) is 0 Å². The maximum atomic E-state index is 10.5. The molecule has 1 atom stereocenters. The fraction of sp³-hybridized carbons (Fsp3) is 0.600. The first-order valence-corrected chi connectivity index (χ1v) is 4.93. The number of hydrogen-bond donors (Lipinski definition) is 2. The molecule has 1 aromatic rings. The van der Waals surface area contributed by atoms with Gasteiger partial charge in [0.25, 0.3) is 0 Å². The summed E-state index contributed by atoms with van der Waals surface area (Å²) in [7, 11) is 0. The average molecular weight is 212 g/mol. The predicted molar refractivity (Wildman–Crippen MR) is 54.6 cm³/mol. The van der Waals surface area contributed by atoms with E-state index in [9.17, 15) is 4.79 Å². The molecule has 5 nitrogen and oxygen atoms in total. The molecule has 0 aliphatic heterocycles. The minimum atomic E-state index is -1.07. The van der Waals surface area contributed by atoms with Gasteiger partial charge in [0, 0.05) is 12.1 Å². The van der Waals surface area contributed by atoms with Gasteiger partial charge in [0.05, 0.1) is 6.54 Å². The molecule has 1 aromatic heterocycles. The number of carbonyl (C=O) groups is 1. The van der Waals surface area contributed by atoms with Crippen LogP contribution in [-0.2, 0) is 6.54 Å². The molecule has 0 radical (unpaired) electrons. The summed E-state index contributed by atoms with van der Waals surface area (Å²) in [5.74, 6) is -0.00586. The molecule has 1 unspecified atom stereocenters. The van der Waals surface area contributed by atoms with Crippen molar-refractivity contribution in [2.75, 3.05) is 0 Å². The Bertz CT molecular complexity index is 333. The maximum absolute atomic E-state index is 10.5. The topological polar surface area (TPSA) is 75.4 Å². The Hall–Kier alpha value is -1.36. The van der Waals surface area contributed by atoms with Crippen LogP contribution in [0.15, 0.2) is 10.6 Å². The molecule has 0 bridgehead atoms. The maximum Gasteiger partial charge on any atom is 0.358 e. The molecule has 1 heterocycles. The molecular formula is C10H16N2O3. The highest BCUT2D eigenvalue weighted by Crippen LogP contribution is 2.05. The zero-order chi connectivity index (χ0) is 11.4. The fourth-order valence-corrected chi connectivity index (χ4v) is 0.994. The van der Waals surface area contributed by atoms with Crippen LogP contribution in [0.5, 0.6) is 0 Å². The van der Waals surface area contributed by atoms with E-state index in [1.54, 1.807) is 0 Å². The van der Waals surface area contributed by atoms with Crippen LogP contribution in [0.4, 0.5) is 0 Å². The molecule has 1 rings (SSSR count). The summed E-state index contributed by atoms with van der Waals surface area (Å²) in [6.45, 7) is 6.79. The van der Waals surface area contributed by atoms with Gasteiger partial charge >= 0.3 is 5.97 Å². The van der Waals surface area contributed by atoms with E-state index in [0.717, 1.165) is 0 Å². The van der Waals surface area contributed by atoms with Crippen molar-refractivity contribution in [1.82, 2.24) is 10.5 Å². The third-order valence-electron chi connectivity index (χ3n) is 2.38. The van der Waals surface area contributed by atoms with Gasteiger partial charge in [-0.05, 0) is 12.8 Å². The molecule has 0 aromatic carbocycles. The third kappa shape index (κ3) is 3.36. The second-order valence-electron chi connectivity index (χ2n) is 3.90. The molecule has 0 aliphatic rings. The van der Waals surface area contributed by atoms with E-state index in [1.807, 2.05) is 0 Å². The second kappa shape index (κ2) is 4.93. The van der Waals surface area contributed by atoms with Crippen LogP contribution in [0.2, 0.25) is 0 Å². The summed E-state index contributed by atoms with van der Waals surface area (Å²) in [6, 6.07) is 1.78. The number of aromatic nitrogens is 1. The number of carboxylic acid groups (broad SMARTS) is 1. The van der Waals surface area contributed by atoms with Crippen molar-refractivity contribution in [2.24, 2.45) is 5.92 Å². The van der Waals surface area contributed by atoms with Gasteiger partial charge < -0.3 is 14.9 Å². The van der Waals surface area contributed by atoms with E-state index in [4.69, 9.17) is 9.63 Å². The summed E-state index contributed by atoms with van der Waals surface area (Å²) < 4.78 is 4.86. The summed E-state index contributed by atoms with van der Waals surface area (Å²) in [5.41, 5.74) is -0.0519. The van der Waals surface area contributed by atoms with Crippen LogP contribution in [0, 0.1) is 5.92 Å². The van der Waals surface area contributed by atoms with Gasteiger partial charge in [-0.1, -0.05) is 19.0 Å². The average Bonchev–Trinajstić information content (AvgIpc) is 2.62. The molecule has 84 valence electrons. The number of nitrogens with zero attached hydrogens (tertiary/aromatic N) is 1. The normalized spacial score (nSPS) is 13.1. The lowest BCUT2D eigenvalue weighted by Crippen LogP contribution is -2.29. The Kier molecular flexibility index (Phi) is 3.85. The zero-order valence-electron chi connectivity index (χ0n) is 9.15. The largest absolute Gasteiger partial charge is 0.476 e. The molecule has 5 heteroatoms. The minimum Gasteiger partial charge on any atom is -0.476 e. The van der Waals surface area contributed by atoms with Crippen molar-refractivity contribution in [1.29, 1.82) is 0 Å². The van der Waals surface area contributed by atoms with Gasteiger partial charge in [-0.3, -0.25) is 0 Å². The molecule has 0 amide bonds. The van der Waals surface area contributed by atoms with Gasteiger partial charge in [0.1, 0.15) is 0 Å². The first-order chi connectivity index (χ1) is 7.00. The molecule has 0 spiro atoms. The quantitative estimate of drug-likeness (QED) is 0.773. The first kappa shape index (κ1) is 11.7. The Morgan fingerprint density at radius 3 is 2.73 bits per heavy atom. The summed E-state index contributed by atoms with van der Waals surface area (Å²) >= 11 is 0. The lowest BCUT2D eigenvalue weighted by atomic mass is 10.1. The van der Waals surface area contributed by atoms with E-state index in [1.165, 1.54) is 6.07 Å². The van der Waals surface area contributed by atoms with Crippen LogP contribution in [0.1, 0.15) is 37.0 Å². The highest BCUT2D eigenvalue weighted by Gasteiger charge is 2.12. The number of hydrogen-bond acceptors (Lipinski definition) is 4. The second-order valence-corrected chi connectivity index (χ2v) is 3.90. The lowest BCUT2D eigenvalue weighted by Gasteiger charge is -2.15. The highest BCUT2D eigenvalue weighted by atomic mass is 16.5. The van der Waals surface area contributed by atoms with Crippen LogP contribution >= 0.6 is 0 Å². The van der Waals surface area contributed by atoms with Crippen LogP contribution in [0.25, 0.3) is 0 Å². The van der Waals surface area contributed by atoms with E-state index < -0.39 is 5.97 Å². The molecule has 0 fully saturated rings. The predicted octanol–water partition coefficient (Wildman–Crippen LogP) is 1.51. The molecule has 0 aliphatic carbocycles. The summed E-state index contributed by atoms with van der Waals surface area (Å²) in [6.07, 6.45) is 0. The zero-order valence-corrected chi connectivity index (χ0v) is 9.15. The van der Waals surface area contributed by atoms with Crippen molar-refractivity contribution in [3.63, 3.8) is 0 Å². The molecule has 15 heavy (non-hydrogen) atoms. The fourth-order valence-electron chi connectivity index (χ4n) is 0.994. The van der Waals surface area contributed by atoms with Gasteiger partial charge in [-0.25, -0.2) is 4.79 Å².